The molecule has 0 unspecified atom stereocenters. The summed E-state index contributed by atoms with van der Waals surface area (Å²) < 4.78 is 28.7. The highest BCUT2D eigenvalue weighted by atomic mass is 32.2. The van der Waals surface area contributed by atoms with Gasteiger partial charge < -0.3 is 5.32 Å². The predicted molar refractivity (Wildman–Crippen MR) is 70.4 cm³/mol. The largest absolute Gasteiger partial charge is 0.314 e. The number of nitrogens with zero attached hydrogens (tertiary/aromatic N) is 2. The van der Waals surface area contributed by atoms with Crippen molar-refractivity contribution in [1.29, 1.82) is 0 Å². The van der Waals surface area contributed by atoms with E-state index in [9.17, 15) is 8.42 Å². The summed E-state index contributed by atoms with van der Waals surface area (Å²) in [5.41, 5.74) is 0. The van der Waals surface area contributed by atoms with Crippen molar-refractivity contribution in [2.45, 2.75) is 25.7 Å². The maximum atomic E-state index is 12.6. The Labute approximate surface area is 110 Å². The van der Waals surface area contributed by atoms with Crippen molar-refractivity contribution in [2.24, 2.45) is 11.8 Å². The van der Waals surface area contributed by atoms with Gasteiger partial charge in [0.1, 0.15) is 0 Å². The van der Waals surface area contributed by atoms with Crippen LogP contribution in [0.2, 0.25) is 0 Å². The van der Waals surface area contributed by atoms with Gasteiger partial charge in [0.25, 0.3) is 10.2 Å². The van der Waals surface area contributed by atoms with E-state index >= 15 is 0 Å². The van der Waals surface area contributed by atoms with Crippen LogP contribution in [0.4, 0.5) is 0 Å². The lowest BCUT2D eigenvalue weighted by molar-refractivity contribution is 0.301. The van der Waals surface area contributed by atoms with Crippen LogP contribution in [0.1, 0.15) is 25.7 Å². The molecule has 0 spiro atoms. The van der Waals surface area contributed by atoms with Crippen molar-refractivity contribution in [3.05, 3.63) is 0 Å². The van der Waals surface area contributed by atoms with E-state index in [0.29, 0.717) is 24.9 Å². The summed E-state index contributed by atoms with van der Waals surface area (Å²) in [6.45, 7) is 4.30. The third kappa shape index (κ3) is 3.04. The molecule has 0 aromatic carbocycles. The highest BCUT2D eigenvalue weighted by molar-refractivity contribution is 7.86. The zero-order valence-electron chi connectivity index (χ0n) is 10.8. The van der Waals surface area contributed by atoms with E-state index in [4.69, 9.17) is 0 Å². The topological polar surface area (TPSA) is 52.7 Å². The second-order valence-electron chi connectivity index (χ2n) is 5.86. The molecule has 3 aliphatic rings. The van der Waals surface area contributed by atoms with Gasteiger partial charge in [-0.2, -0.15) is 17.0 Å². The zero-order chi connectivity index (χ0) is 12.6. The fourth-order valence-corrected chi connectivity index (χ4v) is 4.25. The van der Waals surface area contributed by atoms with Crippen LogP contribution in [-0.2, 0) is 10.2 Å². The lowest BCUT2D eigenvalue weighted by atomic mass is 10.4. The molecule has 3 rings (SSSR count). The normalized spacial score (nSPS) is 26.7. The van der Waals surface area contributed by atoms with E-state index in [2.05, 4.69) is 5.32 Å². The Morgan fingerprint density at radius 3 is 1.94 bits per heavy atom. The number of nitrogens with one attached hydrogen (secondary N) is 1. The molecule has 0 aromatic heterocycles. The number of hydrogen-bond acceptors (Lipinski definition) is 3. The first-order chi connectivity index (χ1) is 8.66. The second-order valence-corrected chi connectivity index (χ2v) is 7.79. The van der Waals surface area contributed by atoms with Crippen molar-refractivity contribution in [3.63, 3.8) is 0 Å². The smallest absolute Gasteiger partial charge is 0.282 e. The van der Waals surface area contributed by atoms with Gasteiger partial charge in [-0.1, -0.05) is 0 Å². The van der Waals surface area contributed by atoms with Crippen molar-refractivity contribution < 1.29 is 8.42 Å². The fraction of sp³-hybridized carbons (Fsp3) is 1.00. The molecular weight excluding hydrogens is 250 g/mol. The van der Waals surface area contributed by atoms with Crippen LogP contribution in [0.5, 0.6) is 0 Å². The Hall–Kier alpha value is -0.170. The van der Waals surface area contributed by atoms with Gasteiger partial charge in [-0.3, -0.25) is 0 Å². The van der Waals surface area contributed by atoms with Gasteiger partial charge in [0.15, 0.2) is 0 Å². The molecule has 0 aromatic rings. The van der Waals surface area contributed by atoms with Gasteiger partial charge >= 0.3 is 0 Å². The molecule has 2 saturated carbocycles. The number of hydrogen-bond donors (Lipinski definition) is 1. The Morgan fingerprint density at radius 2 is 1.50 bits per heavy atom. The van der Waals surface area contributed by atoms with Gasteiger partial charge in [0, 0.05) is 39.3 Å². The standard InChI is InChI=1S/C12H23N3O2S/c16-18(17,14-7-5-13-6-8-14)15(9-11-1-2-11)10-12-3-4-12/h11-13H,1-10H2. The molecule has 0 amide bonds. The average Bonchev–Trinajstić information content (AvgIpc) is 3.24. The summed E-state index contributed by atoms with van der Waals surface area (Å²) in [6.07, 6.45) is 4.83. The average molecular weight is 273 g/mol. The maximum Gasteiger partial charge on any atom is 0.282 e. The molecule has 1 N–H and O–H groups in total. The lowest BCUT2D eigenvalue weighted by Gasteiger charge is -2.32. The fourth-order valence-electron chi connectivity index (χ4n) is 2.48. The van der Waals surface area contributed by atoms with Crippen LogP contribution in [0, 0.1) is 11.8 Å². The van der Waals surface area contributed by atoms with Gasteiger partial charge in [0.05, 0.1) is 0 Å². The molecule has 0 atom stereocenters. The molecule has 1 aliphatic heterocycles. The first-order valence-corrected chi connectivity index (χ1v) is 8.52. The Balaban J connectivity index is 1.68. The Morgan fingerprint density at radius 1 is 1.00 bits per heavy atom. The molecule has 0 bridgehead atoms. The van der Waals surface area contributed by atoms with E-state index in [1.165, 1.54) is 25.7 Å². The lowest BCUT2D eigenvalue weighted by Crippen LogP contribution is -2.52. The molecule has 5 nitrogen and oxygen atoms in total. The number of piperazine rings is 1. The van der Waals surface area contributed by atoms with Crippen molar-refractivity contribution >= 4 is 10.2 Å². The molecule has 1 heterocycles. The van der Waals surface area contributed by atoms with Crippen LogP contribution >= 0.6 is 0 Å². The van der Waals surface area contributed by atoms with Gasteiger partial charge in [-0.15, -0.1) is 0 Å². The summed E-state index contributed by atoms with van der Waals surface area (Å²) in [5, 5.41) is 3.21. The van der Waals surface area contributed by atoms with Crippen molar-refractivity contribution in [3.8, 4) is 0 Å². The SMILES string of the molecule is O=S(=O)(N1CCNCC1)N(CC1CC1)CC1CC1. The molecule has 2 aliphatic carbocycles. The quantitative estimate of drug-likeness (QED) is 0.755. The van der Waals surface area contributed by atoms with E-state index < -0.39 is 10.2 Å². The summed E-state index contributed by atoms with van der Waals surface area (Å²) in [5.74, 6) is 1.25. The monoisotopic (exact) mass is 273 g/mol. The third-order valence-corrected chi connectivity index (χ3v) is 6.01. The molecular formula is C12H23N3O2S. The Bertz CT molecular complexity index is 370. The first-order valence-electron chi connectivity index (χ1n) is 7.12. The Kier molecular flexibility index (Phi) is 3.62. The van der Waals surface area contributed by atoms with Crippen LogP contribution in [0.3, 0.4) is 0 Å². The van der Waals surface area contributed by atoms with Gasteiger partial charge in [0.2, 0.25) is 0 Å². The summed E-state index contributed by atoms with van der Waals surface area (Å²) >= 11 is 0. The highest BCUT2D eigenvalue weighted by Crippen LogP contribution is 2.35. The summed E-state index contributed by atoms with van der Waals surface area (Å²) in [7, 11) is -3.21. The number of rotatable bonds is 6. The van der Waals surface area contributed by atoms with Crippen molar-refractivity contribution in [1.82, 2.24) is 13.9 Å². The van der Waals surface area contributed by atoms with Gasteiger partial charge in [-0.05, 0) is 37.5 Å². The van der Waals surface area contributed by atoms with Crippen LogP contribution < -0.4 is 5.32 Å². The summed E-state index contributed by atoms with van der Waals surface area (Å²) in [6, 6.07) is 0. The van der Waals surface area contributed by atoms with Crippen molar-refractivity contribution in [2.75, 3.05) is 39.3 Å². The minimum atomic E-state index is -3.21. The van der Waals surface area contributed by atoms with Gasteiger partial charge in [-0.25, -0.2) is 0 Å². The summed E-state index contributed by atoms with van der Waals surface area (Å²) in [4.78, 5) is 0. The molecule has 18 heavy (non-hydrogen) atoms. The molecule has 6 heteroatoms. The molecule has 1 saturated heterocycles. The highest BCUT2D eigenvalue weighted by Gasteiger charge is 2.37. The predicted octanol–water partition coefficient (Wildman–Crippen LogP) is 0.258. The first kappa shape index (κ1) is 12.8. The molecule has 3 fully saturated rings. The van der Waals surface area contributed by atoms with Crippen LogP contribution in [-0.4, -0.2) is 56.3 Å². The van der Waals surface area contributed by atoms with E-state index in [1.807, 2.05) is 0 Å². The minimum Gasteiger partial charge on any atom is -0.314 e. The maximum absolute atomic E-state index is 12.6. The third-order valence-electron chi connectivity index (χ3n) is 4.05. The van der Waals surface area contributed by atoms with E-state index in [1.54, 1.807) is 8.61 Å². The second kappa shape index (κ2) is 5.07. The minimum absolute atomic E-state index is 0.619. The van der Waals surface area contributed by atoms with E-state index in [0.717, 1.165) is 26.2 Å². The molecule has 0 radical (unpaired) electrons. The van der Waals surface area contributed by atoms with Crippen LogP contribution in [0.25, 0.3) is 0 Å². The molecule has 104 valence electrons. The zero-order valence-corrected chi connectivity index (χ0v) is 11.7. The van der Waals surface area contributed by atoms with Crippen LogP contribution in [0.15, 0.2) is 0 Å². The van der Waals surface area contributed by atoms with E-state index in [-0.39, 0.29) is 0 Å².